The van der Waals surface area contributed by atoms with Gasteiger partial charge < -0.3 is 0 Å². The van der Waals surface area contributed by atoms with Gasteiger partial charge in [-0.3, -0.25) is 9.69 Å². The molecule has 0 bridgehead atoms. The number of nitrogens with zero attached hydrogens (tertiary/aromatic N) is 3. The minimum Gasteiger partial charge on any atom is -0.282 e. The normalized spacial score (nSPS) is 17.7. The van der Waals surface area contributed by atoms with Crippen LogP contribution in [-0.4, -0.2) is 42.5 Å². The van der Waals surface area contributed by atoms with Crippen molar-refractivity contribution in [3.8, 4) is 0 Å². The number of thiazole rings is 1. The van der Waals surface area contributed by atoms with E-state index >= 15 is 0 Å². The Hall–Kier alpha value is -2.29. The standard InChI is InChI=1S/C24H29N3O3S2/c1-17(2)19-12-9-14-21-22(19)25-24(31-21)26(16-18-10-5-4-6-11-18)23(28)20-13-7-8-15-27(20)32(3,29)30/h4-6,9-12,14,17,20H,7-8,13,15-16H2,1-3H3. The molecule has 0 radical (unpaired) electrons. The van der Waals surface area contributed by atoms with E-state index in [1.54, 1.807) is 4.90 Å². The van der Waals surface area contributed by atoms with Gasteiger partial charge >= 0.3 is 0 Å². The highest BCUT2D eigenvalue weighted by Gasteiger charge is 2.38. The van der Waals surface area contributed by atoms with E-state index in [-0.39, 0.29) is 5.91 Å². The van der Waals surface area contributed by atoms with E-state index in [1.807, 2.05) is 42.5 Å². The molecule has 1 aliphatic rings. The maximum Gasteiger partial charge on any atom is 0.247 e. The molecule has 32 heavy (non-hydrogen) atoms. The minimum absolute atomic E-state index is 0.205. The maximum atomic E-state index is 13.8. The van der Waals surface area contributed by atoms with Crippen molar-refractivity contribution in [2.24, 2.45) is 0 Å². The molecule has 0 spiro atoms. The molecule has 1 atom stereocenters. The van der Waals surface area contributed by atoms with Gasteiger partial charge in [0.05, 0.1) is 23.0 Å². The van der Waals surface area contributed by atoms with E-state index < -0.39 is 16.1 Å². The second-order valence-corrected chi connectivity index (χ2v) is 11.6. The molecule has 2 heterocycles. The topological polar surface area (TPSA) is 70.6 Å². The maximum absolute atomic E-state index is 13.8. The lowest BCUT2D eigenvalue weighted by Crippen LogP contribution is -2.52. The minimum atomic E-state index is -3.48. The highest BCUT2D eigenvalue weighted by Crippen LogP contribution is 2.35. The Bertz CT molecular complexity index is 1210. The summed E-state index contributed by atoms with van der Waals surface area (Å²) in [6.45, 7) is 5.00. The number of benzene rings is 2. The zero-order valence-corrected chi connectivity index (χ0v) is 20.3. The molecule has 1 fully saturated rings. The molecule has 1 saturated heterocycles. The van der Waals surface area contributed by atoms with Crippen LogP contribution in [0, 0.1) is 0 Å². The Morgan fingerprint density at radius 3 is 2.59 bits per heavy atom. The highest BCUT2D eigenvalue weighted by molar-refractivity contribution is 7.88. The smallest absolute Gasteiger partial charge is 0.247 e. The SMILES string of the molecule is CC(C)c1cccc2sc(N(Cc3ccccc3)C(=O)C3CCCCN3S(C)(=O)=O)nc12. The molecule has 1 aromatic heterocycles. The Labute approximate surface area is 193 Å². The van der Waals surface area contributed by atoms with Crippen molar-refractivity contribution in [2.45, 2.75) is 51.6 Å². The van der Waals surface area contributed by atoms with Crippen LogP contribution < -0.4 is 4.90 Å². The molecule has 3 aromatic rings. The number of fused-ring (bicyclic) bond motifs is 1. The summed E-state index contributed by atoms with van der Waals surface area (Å²) in [5.74, 6) is 0.107. The van der Waals surface area contributed by atoms with E-state index in [2.05, 4.69) is 19.9 Å². The van der Waals surface area contributed by atoms with Gasteiger partial charge in [0.1, 0.15) is 6.04 Å². The number of carbonyl (C=O) groups is 1. The average Bonchev–Trinajstić information content (AvgIpc) is 3.21. The lowest BCUT2D eigenvalue weighted by Gasteiger charge is -2.35. The Kier molecular flexibility index (Phi) is 6.65. The molecule has 4 rings (SSSR count). The summed E-state index contributed by atoms with van der Waals surface area (Å²) in [6, 6.07) is 15.2. The molecule has 0 N–H and O–H groups in total. The van der Waals surface area contributed by atoms with Gasteiger partial charge in [-0.15, -0.1) is 0 Å². The van der Waals surface area contributed by atoms with E-state index in [0.717, 1.165) is 34.2 Å². The number of amides is 1. The number of para-hydroxylation sites is 1. The van der Waals surface area contributed by atoms with Crippen LogP contribution in [0.1, 0.15) is 50.2 Å². The number of piperidine rings is 1. The summed E-state index contributed by atoms with van der Waals surface area (Å²) in [6.07, 6.45) is 3.32. The third-order valence-corrected chi connectivity index (χ3v) is 8.24. The molecule has 1 unspecified atom stereocenters. The van der Waals surface area contributed by atoms with Crippen LogP contribution in [-0.2, 0) is 21.4 Å². The second kappa shape index (κ2) is 9.29. The van der Waals surface area contributed by atoms with Crippen molar-refractivity contribution in [3.05, 3.63) is 59.7 Å². The summed E-state index contributed by atoms with van der Waals surface area (Å²) >= 11 is 1.48. The fraction of sp³-hybridized carbons (Fsp3) is 0.417. The Balaban J connectivity index is 1.78. The first-order valence-electron chi connectivity index (χ1n) is 11.0. The van der Waals surface area contributed by atoms with Gasteiger partial charge in [-0.2, -0.15) is 4.31 Å². The lowest BCUT2D eigenvalue weighted by atomic mass is 10.0. The summed E-state index contributed by atoms with van der Waals surface area (Å²) in [4.78, 5) is 20.4. The number of hydrogen-bond donors (Lipinski definition) is 0. The molecule has 0 aliphatic carbocycles. The van der Waals surface area contributed by atoms with Crippen LogP contribution in [0.25, 0.3) is 10.2 Å². The molecule has 1 aliphatic heterocycles. The average molecular weight is 472 g/mol. The molecular weight excluding hydrogens is 442 g/mol. The molecular formula is C24H29N3O3S2. The third-order valence-electron chi connectivity index (χ3n) is 5.91. The van der Waals surface area contributed by atoms with E-state index in [0.29, 0.717) is 30.6 Å². The van der Waals surface area contributed by atoms with Crippen molar-refractivity contribution in [1.82, 2.24) is 9.29 Å². The van der Waals surface area contributed by atoms with Crippen LogP contribution in [0.15, 0.2) is 48.5 Å². The first-order valence-corrected chi connectivity index (χ1v) is 13.6. The summed E-state index contributed by atoms with van der Waals surface area (Å²) in [5.41, 5.74) is 3.04. The first-order chi connectivity index (χ1) is 15.3. The predicted molar refractivity (Wildman–Crippen MR) is 131 cm³/mol. The number of aromatic nitrogens is 1. The number of sulfonamides is 1. The van der Waals surface area contributed by atoms with Gasteiger partial charge in [0, 0.05) is 6.54 Å². The third kappa shape index (κ3) is 4.72. The summed E-state index contributed by atoms with van der Waals surface area (Å²) < 4.78 is 27.2. The zero-order chi connectivity index (χ0) is 22.9. The van der Waals surface area contributed by atoms with Gasteiger partial charge in [0.25, 0.3) is 0 Å². The quantitative estimate of drug-likeness (QED) is 0.519. The van der Waals surface area contributed by atoms with Crippen LogP contribution >= 0.6 is 11.3 Å². The number of carbonyl (C=O) groups excluding carboxylic acids is 1. The lowest BCUT2D eigenvalue weighted by molar-refractivity contribution is -0.123. The van der Waals surface area contributed by atoms with Crippen molar-refractivity contribution in [3.63, 3.8) is 0 Å². The molecule has 8 heteroatoms. The van der Waals surface area contributed by atoms with E-state index in [9.17, 15) is 13.2 Å². The van der Waals surface area contributed by atoms with Gasteiger partial charge in [-0.25, -0.2) is 13.4 Å². The molecule has 170 valence electrons. The van der Waals surface area contributed by atoms with Crippen molar-refractivity contribution >= 4 is 42.6 Å². The molecule has 2 aromatic carbocycles. The first kappa shape index (κ1) is 22.9. The Morgan fingerprint density at radius 1 is 1.16 bits per heavy atom. The van der Waals surface area contributed by atoms with Gasteiger partial charge in [-0.1, -0.05) is 74.1 Å². The van der Waals surface area contributed by atoms with Gasteiger partial charge in [0.15, 0.2) is 5.13 Å². The second-order valence-electron chi connectivity index (χ2n) is 8.64. The monoisotopic (exact) mass is 471 g/mol. The van der Waals surface area contributed by atoms with Crippen LogP contribution in [0.3, 0.4) is 0 Å². The van der Waals surface area contributed by atoms with E-state index in [4.69, 9.17) is 4.98 Å². The van der Waals surface area contributed by atoms with Gasteiger partial charge in [0.2, 0.25) is 15.9 Å². The largest absolute Gasteiger partial charge is 0.282 e. The number of rotatable bonds is 6. The predicted octanol–water partition coefficient (Wildman–Crippen LogP) is 4.77. The number of anilines is 1. The zero-order valence-electron chi connectivity index (χ0n) is 18.7. The van der Waals surface area contributed by atoms with Crippen molar-refractivity contribution in [2.75, 3.05) is 17.7 Å². The summed E-state index contributed by atoms with van der Waals surface area (Å²) in [7, 11) is -3.48. The van der Waals surface area contributed by atoms with Crippen LogP contribution in [0.4, 0.5) is 5.13 Å². The molecule has 0 saturated carbocycles. The fourth-order valence-corrected chi connectivity index (χ4v) is 6.40. The number of hydrogen-bond acceptors (Lipinski definition) is 5. The Morgan fingerprint density at radius 2 is 1.91 bits per heavy atom. The van der Waals surface area contributed by atoms with Crippen molar-refractivity contribution in [1.29, 1.82) is 0 Å². The van der Waals surface area contributed by atoms with Gasteiger partial charge in [-0.05, 0) is 36.0 Å². The van der Waals surface area contributed by atoms with Crippen molar-refractivity contribution < 1.29 is 13.2 Å². The highest BCUT2D eigenvalue weighted by atomic mass is 32.2. The fourth-order valence-electron chi connectivity index (χ4n) is 4.27. The molecule has 6 nitrogen and oxygen atoms in total. The summed E-state index contributed by atoms with van der Waals surface area (Å²) in [5, 5.41) is 0.612. The van der Waals surface area contributed by atoms with Crippen LogP contribution in [0.2, 0.25) is 0 Å². The van der Waals surface area contributed by atoms with E-state index in [1.165, 1.54) is 21.9 Å². The van der Waals surface area contributed by atoms with Crippen LogP contribution in [0.5, 0.6) is 0 Å². The molecule has 1 amide bonds.